The molecule has 0 bridgehead atoms. The van der Waals surface area contributed by atoms with Gasteiger partial charge in [0.05, 0.1) is 11.4 Å². The van der Waals surface area contributed by atoms with E-state index in [0.29, 0.717) is 23.6 Å². The highest BCUT2D eigenvalue weighted by Crippen LogP contribution is 2.25. The van der Waals surface area contributed by atoms with Crippen molar-refractivity contribution in [3.8, 4) is 22.8 Å². The van der Waals surface area contributed by atoms with Gasteiger partial charge in [0.1, 0.15) is 0 Å². The fraction of sp³-hybridized carbons (Fsp3) is 0.214. The van der Waals surface area contributed by atoms with E-state index in [1.165, 1.54) is 0 Å². The van der Waals surface area contributed by atoms with Crippen LogP contribution in [0.4, 0.5) is 0 Å². The van der Waals surface area contributed by atoms with E-state index in [-0.39, 0.29) is 0 Å². The Morgan fingerprint density at radius 1 is 1.38 bits per heavy atom. The minimum atomic E-state index is -0.608. The molecule has 0 aliphatic carbocycles. The third-order valence-electron chi connectivity index (χ3n) is 3.32. The van der Waals surface area contributed by atoms with Gasteiger partial charge in [-0.05, 0) is 19.4 Å². The standard InChI is InChI=1S/C14H14N4O3/c1-3-11-8(2)15-13(18(11)20)10-6-4-5-9(7-10)12-16-14(19)21-17-12/h4-7,20H,3H2,1-2H3,(H,16,17,19). The third kappa shape index (κ3) is 2.22. The minimum absolute atomic E-state index is 0.338. The first kappa shape index (κ1) is 13.2. The molecule has 2 aromatic heterocycles. The van der Waals surface area contributed by atoms with Crippen molar-refractivity contribution in [3.63, 3.8) is 0 Å². The molecule has 21 heavy (non-hydrogen) atoms. The fourth-order valence-corrected chi connectivity index (χ4v) is 2.30. The van der Waals surface area contributed by atoms with Crippen molar-refractivity contribution in [2.45, 2.75) is 20.3 Å². The monoisotopic (exact) mass is 286 g/mol. The Morgan fingerprint density at radius 3 is 2.76 bits per heavy atom. The predicted molar refractivity (Wildman–Crippen MR) is 75.1 cm³/mol. The molecule has 0 aliphatic heterocycles. The van der Waals surface area contributed by atoms with Crippen molar-refractivity contribution in [1.82, 2.24) is 19.9 Å². The SMILES string of the molecule is CCc1c(C)nc(-c2cccc(-c3noc(=O)[nH]3)c2)n1O. The van der Waals surface area contributed by atoms with Crippen LogP contribution in [-0.4, -0.2) is 25.1 Å². The lowest BCUT2D eigenvalue weighted by Gasteiger charge is -2.04. The van der Waals surface area contributed by atoms with E-state index in [2.05, 4.69) is 19.6 Å². The zero-order valence-electron chi connectivity index (χ0n) is 11.6. The molecule has 1 aromatic carbocycles. The van der Waals surface area contributed by atoms with Crippen molar-refractivity contribution in [2.24, 2.45) is 0 Å². The van der Waals surface area contributed by atoms with Crippen LogP contribution < -0.4 is 5.76 Å². The second-order valence-electron chi connectivity index (χ2n) is 4.66. The molecule has 2 heterocycles. The Balaban J connectivity index is 2.10. The summed E-state index contributed by atoms with van der Waals surface area (Å²) < 4.78 is 5.59. The van der Waals surface area contributed by atoms with Gasteiger partial charge in [-0.15, -0.1) is 0 Å². The zero-order chi connectivity index (χ0) is 15.0. The molecule has 0 unspecified atom stereocenters. The van der Waals surface area contributed by atoms with Crippen LogP contribution in [0.1, 0.15) is 18.3 Å². The summed E-state index contributed by atoms with van der Waals surface area (Å²) in [7, 11) is 0. The molecular formula is C14H14N4O3. The topological polar surface area (TPSA) is 96.9 Å². The lowest BCUT2D eigenvalue weighted by molar-refractivity contribution is 0.182. The van der Waals surface area contributed by atoms with Crippen LogP contribution >= 0.6 is 0 Å². The molecule has 3 aromatic rings. The number of rotatable bonds is 3. The summed E-state index contributed by atoms with van der Waals surface area (Å²) in [6, 6.07) is 7.19. The molecule has 0 saturated carbocycles. The number of imidazole rings is 1. The van der Waals surface area contributed by atoms with Gasteiger partial charge < -0.3 is 5.21 Å². The summed E-state index contributed by atoms with van der Waals surface area (Å²) in [6.45, 7) is 3.81. The number of hydrogen-bond donors (Lipinski definition) is 2. The maximum absolute atomic E-state index is 11.0. The predicted octanol–water partition coefficient (Wildman–Crippen LogP) is 2.00. The quantitative estimate of drug-likeness (QED) is 0.718. The van der Waals surface area contributed by atoms with Gasteiger partial charge in [0.2, 0.25) is 0 Å². The number of benzene rings is 1. The normalized spacial score (nSPS) is 11.0. The van der Waals surface area contributed by atoms with Gasteiger partial charge in [0.25, 0.3) is 0 Å². The van der Waals surface area contributed by atoms with E-state index in [4.69, 9.17) is 0 Å². The number of aromatic nitrogens is 4. The van der Waals surface area contributed by atoms with Gasteiger partial charge in [0, 0.05) is 11.1 Å². The van der Waals surface area contributed by atoms with Crippen LogP contribution in [0.5, 0.6) is 0 Å². The summed E-state index contributed by atoms with van der Waals surface area (Å²) in [5.41, 5.74) is 2.96. The average molecular weight is 286 g/mol. The lowest BCUT2D eigenvalue weighted by atomic mass is 10.1. The van der Waals surface area contributed by atoms with Gasteiger partial charge in [-0.3, -0.25) is 9.51 Å². The molecule has 0 amide bonds. The van der Waals surface area contributed by atoms with Crippen LogP contribution in [0.25, 0.3) is 22.8 Å². The van der Waals surface area contributed by atoms with Crippen LogP contribution in [0.3, 0.4) is 0 Å². The fourth-order valence-electron chi connectivity index (χ4n) is 2.30. The number of nitrogens with zero attached hydrogens (tertiary/aromatic N) is 3. The van der Waals surface area contributed by atoms with Gasteiger partial charge in [-0.1, -0.05) is 30.3 Å². The second kappa shape index (κ2) is 4.93. The van der Waals surface area contributed by atoms with E-state index in [1.54, 1.807) is 18.2 Å². The Bertz CT molecular complexity index is 844. The Labute approximate surface area is 119 Å². The highest BCUT2D eigenvalue weighted by atomic mass is 16.5. The Hall–Kier alpha value is -2.83. The first-order valence-electron chi connectivity index (χ1n) is 6.54. The Kier molecular flexibility index (Phi) is 3.09. The molecule has 3 rings (SSSR count). The van der Waals surface area contributed by atoms with Crippen molar-refractivity contribution in [1.29, 1.82) is 0 Å². The van der Waals surface area contributed by atoms with E-state index in [1.807, 2.05) is 19.9 Å². The Morgan fingerprint density at radius 2 is 2.14 bits per heavy atom. The van der Waals surface area contributed by atoms with Crippen LogP contribution in [-0.2, 0) is 6.42 Å². The first-order chi connectivity index (χ1) is 10.1. The summed E-state index contributed by atoms with van der Waals surface area (Å²) in [5, 5.41) is 13.8. The number of nitrogens with one attached hydrogen (secondary N) is 1. The highest BCUT2D eigenvalue weighted by molar-refractivity contribution is 5.66. The summed E-state index contributed by atoms with van der Waals surface area (Å²) in [6.07, 6.45) is 0.686. The molecule has 7 heteroatoms. The van der Waals surface area contributed by atoms with Gasteiger partial charge >= 0.3 is 5.76 Å². The smallest absolute Gasteiger partial charge is 0.427 e. The largest absolute Gasteiger partial charge is 0.439 e. The molecule has 0 aliphatic rings. The molecule has 0 atom stereocenters. The molecule has 0 spiro atoms. The van der Waals surface area contributed by atoms with Crippen molar-refractivity contribution in [2.75, 3.05) is 0 Å². The number of aryl methyl sites for hydroxylation is 1. The molecule has 108 valence electrons. The second-order valence-corrected chi connectivity index (χ2v) is 4.66. The molecule has 0 radical (unpaired) electrons. The average Bonchev–Trinajstić information content (AvgIpc) is 3.03. The molecule has 2 N–H and O–H groups in total. The first-order valence-corrected chi connectivity index (χ1v) is 6.54. The van der Waals surface area contributed by atoms with E-state index in [9.17, 15) is 10.0 Å². The summed E-state index contributed by atoms with van der Waals surface area (Å²) >= 11 is 0. The van der Waals surface area contributed by atoms with E-state index in [0.717, 1.165) is 21.7 Å². The van der Waals surface area contributed by atoms with E-state index < -0.39 is 5.76 Å². The number of H-pyrrole nitrogens is 1. The van der Waals surface area contributed by atoms with Gasteiger partial charge in [-0.2, -0.15) is 4.73 Å². The molecule has 7 nitrogen and oxygen atoms in total. The maximum atomic E-state index is 11.0. The van der Waals surface area contributed by atoms with Crippen molar-refractivity contribution < 1.29 is 9.73 Å². The van der Waals surface area contributed by atoms with E-state index >= 15 is 0 Å². The summed E-state index contributed by atoms with van der Waals surface area (Å²) in [4.78, 5) is 17.9. The van der Waals surface area contributed by atoms with Crippen LogP contribution in [0.2, 0.25) is 0 Å². The van der Waals surface area contributed by atoms with Gasteiger partial charge in [0.15, 0.2) is 11.6 Å². The summed E-state index contributed by atoms with van der Waals surface area (Å²) in [5.74, 6) is 0.186. The highest BCUT2D eigenvalue weighted by Gasteiger charge is 2.15. The number of aromatic amines is 1. The molecule has 0 saturated heterocycles. The van der Waals surface area contributed by atoms with Crippen LogP contribution in [0, 0.1) is 6.92 Å². The minimum Gasteiger partial charge on any atom is -0.427 e. The van der Waals surface area contributed by atoms with Gasteiger partial charge in [-0.25, -0.2) is 9.78 Å². The maximum Gasteiger partial charge on any atom is 0.439 e. The number of hydrogen-bond acceptors (Lipinski definition) is 5. The van der Waals surface area contributed by atoms with Crippen molar-refractivity contribution in [3.05, 3.63) is 46.2 Å². The zero-order valence-corrected chi connectivity index (χ0v) is 11.6. The van der Waals surface area contributed by atoms with Crippen molar-refractivity contribution >= 4 is 0 Å². The lowest BCUT2D eigenvalue weighted by Crippen LogP contribution is -1.99. The van der Waals surface area contributed by atoms with Crippen LogP contribution in [0.15, 0.2) is 33.6 Å². The molecule has 0 fully saturated rings. The molecular weight excluding hydrogens is 272 g/mol. The third-order valence-corrected chi connectivity index (χ3v) is 3.32.